The van der Waals surface area contributed by atoms with Crippen molar-refractivity contribution in [2.45, 2.75) is 152 Å². The predicted molar refractivity (Wildman–Crippen MR) is 193 cm³/mol. The normalized spacial score (nSPS) is 47.9. The van der Waals surface area contributed by atoms with Crippen LogP contribution in [0, 0.1) is 51.8 Å². The van der Waals surface area contributed by atoms with E-state index in [-0.39, 0.29) is 49.0 Å². The number of aryl methyl sites for hydroxylation is 1. The number of furan rings is 1. The number of fused-ring (bicyclic) bond motifs is 1. The summed E-state index contributed by atoms with van der Waals surface area (Å²) in [5.74, 6) is 5.68. The zero-order chi connectivity index (χ0) is 37.3. The van der Waals surface area contributed by atoms with Crippen LogP contribution in [0.1, 0.15) is 116 Å². The number of hydrogen-bond acceptors (Lipinski definition) is 11. The molecule has 3 N–H and O–H groups in total. The lowest BCUT2D eigenvalue weighted by atomic mass is 9.31. The number of carbonyl (C=O) groups excluding carboxylic acids is 3. The molecule has 3 spiro atoms. The Balaban J connectivity index is 1.10. The Hall–Kier alpha value is -2.75. The molecule has 4 aliphatic carbocycles. The molecule has 0 amide bonds. The van der Waals surface area contributed by atoms with Crippen LogP contribution < -0.4 is 10.6 Å². The minimum Gasteiger partial charge on any atom is -0.469 e. The number of unbranched alkanes of at least 4 members (excludes halogenated alkanes) is 3. The van der Waals surface area contributed by atoms with E-state index in [1.54, 1.807) is 6.26 Å². The van der Waals surface area contributed by atoms with E-state index in [1.165, 1.54) is 0 Å². The van der Waals surface area contributed by atoms with Crippen LogP contribution in [0.25, 0.3) is 0 Å². The second kappa shape index (κ2) is 12.1. The first-order chi connectivity index (χ1) is 26.0. The first-order valence-electron chi connectivity index (χ1n) is 20.9. The molecule has 6 heterocycles. The maximum Gasteiger partial charge on any atom is 0.339 e. The summed E-state index contributed by atoms with van der Waals surface area (Å²) in [6, 6.07) is 2.51. The topological polar surface area (TPSA) is 149 Å². The SMILES string of the molecule is CC1(C)O[C@H]2CC(=O)OC[C@@]23[C@@H]1C(=O)[C@@H](O)[C@]12[C@@H]3CC[C@]3(C)[C@@]14O[C@@H]4C(=O)O[C@]3(c1ccoc1CCCCCC[C@@H]1CNCN1)CC#C[C@@H]1CCCC[C@@H]12. The molecular weight excluding hydrogens is 688 g/mol. The summed E-state index contributed by atoms with van der Waals surface area (Å²) in [4.78, 5) is 42.9. The van der Waals surface area contributed by atoms with Gasteiger partial charge in [-0.2, -0.15) is 0 Å². The number of cyclic esters (lactones) is 1. The highest BCUT2D eigenvalue weighted by atomic mass is 16.7. The van der Waals surface area contributed by atoms with Crippen LogP contribution >= 0.6 is 0 Å². The second-order valence-electron chi connectivity index (χ2n) is 19.0. The average Bonchev–Trinajstić information content (AvgIpc) is 3.40. The van der Waals surface area contributed by atoms with Gasteiger partial charge in [0.15, 0.2) is 17.5 Å². The molecule has 1 aromatic rings. The Morgan fingerprint density at radius 3 is 2.69 bits per heavy atom. The summed E-state index contributed by atoms with van der Waals surface area (Å²) in [6.45, 7) is 7.97. The van der Waals surface area contributed by atoms with E-state index >= 15 is 4.79 Å². The maximum absolute atomic E-state index is 15.3. The minimum absolute atomic E-state index is 0.0471. The third-order valence-electron chi connectivity index (χ3n) is 16.5. The molecule has 0 unspecified atom stereocenters. The molecule has 8 fully saturated rings. The van der Waals surface area contributed by atoms with E-state index in [4.69, 9.17) is 23.4 Å². The van der Waals surface area contributed by atoms with Crippen LogP contribution in [-0.4, -0.2) is 78.2 Å². The van der Waals surface area contributed by atoms with Gasteiger partial charge in [-0.3, -0.25) is 9.59 Å². The van der Waals surface area contributed by atoms with Crippen molar-refractivity contribution in [1.29, 1.82) is 0 Å². The molecule has 5 aliphatic heterocycles. The predicted octanol–water partition coefficient (Wildman–Crippen LogP) is 4.47. The van der Waals surface area contributed by atoms with E-state index in [0.717, 1.165) is 82.3 Å². The fourth-order valence-electron chi connectivity index (χ4n) is 14.6. The van der Waals surface area contributed by atoms with Crippen LogP contribution in [-0.2, 0) is 45.4 Å². The van der Waals surface area contributed by atoms with Crippen molar-refractivity contribution >= 4 is 17.7 Å². The van der Waals surface area contributed by atoms with Crippen LogP contribution in [0.2, 0.25) is 0 Å². The van der Waals surface area contributed by atoms with Crippen molar-refractivity contribution < 1.29 is 42.9 Å². The fraction of sp³-hybridized carbons (Fsp3) is 0.791. The molecule has 1 aromatic heterocycles. The van der Waals surface area contributed by atoms with Crippen molar-refractivity contribution in [2.24, 2.45) is 39.9 Å². The van der Waals surface area contributed by atoms with Crippen LogP contribution in [0.5, 0.6) is 0 Å². The number of carbonyl (C=O) groups is 3. The molecule has 4 bridgehead atoms. The van der Waals surface area contributed by atoms with Crippen LogP contribution in [0.15, 0.2) is 16.7 Å². The van der Waals surface area contributed by atoms with E-state index in [1.807, 2.05) is 19.9 Å². The molecule has 5 saturated heterocycles. The quantitative estimate of drug-likeness (QED) is 0.150. The van der Waals surface area contributed by atoms with Gasteiger partial charge in [-0.25, -0.2) is 4.79 Å². The van der Waals surface area contributed by atoms with E-state index in [2.05, 4.69) is 29.4 Å². The van der Waals surface area contributed by atoms with Gasteiger partial charge in [-0.1, -0.05) is 50.9 Å². The number of hydrogen-bond donors (Lipinski definition) is 3. The number of aliphatic hydroxyl groups is 1. The van der Waals surface area contributed by atoms with E-state index in [9.17, 15) is 14.7 Å². The molecule has 292 valence electrons. The number of Topliss-reactive ketones (excluding diaryl/α,β-unsaturated/α-hetero) is 1. The van der Waals surface area contributed by atoms with Gasteiger partial charge in [0.05, 0.1) is 36.7 Å². The molecule has 54 heavy (non-hydrogen) atoms. The van der Waals surface area contributed by atoms with Crippen molar-refractivity contribution in [1.82, 2.24) is 10.6 Å². The largest absolute Gasteiger partial charge is 0.469 e. The Morgan fingerprint density at radius 2 is 1.85 bits per heavy atom. The lowest BCUT2D eigenvalue weighted by Gasteiger charge is -2.71. The van der Waals surface area contributed by atoms with Crippen molar-refractivity contribution in [3.63, 3.8) is 0 Å². The van der Waals surface area contributed by atoms with Crippen LogP contribution in [0.4, 0.5) is 0 Å². The van der Waals surface area contributed by atoms with E-state index in [0.29, 0.717) is 25.3 Å². The standard InChI is InChI=1S/C43H56N2O9/c1-38(2)34-33(47)35(48)42-27-14-9-8-11-25(27)12-10-18-41(28-17-20-50-29(28)15-7-5-4-6-13-26-22-44-24-45-26)39(3,43(42)36(53-43)37(49)54-41)19-16-30(42)40(34)23-51-32(46)21-31(40)52-38/h17,20,25-27,30-31,34-36,44-45,48H,4-9,11,13-16,18-19,21-24H2,1-3H3/t25-,26+,27-,30+,31-,34+,35+,36+,39-,40-,41-,42-,43+/m0/s1. The fourth-order valence-corrected chi connectivity index (χ4v) is 14.6. The van der Waals surface area contributed by atoms with Crippen molar-refractivity contribution in [3.05, 3.63) is 23.7 Å². The third-order valence-corrected chi connectivity index (χ3v) is 16.5. The van der Waals surface area contributed by atoms with Gasteiger partial charge in [0.2, 0.25) is 0 Å². The van der Waals surface area contributed by atoms with Gasteiger partial charge in [-0.15, -0.1) is 0 Å². The maximum atomic E-state index is 15.3. The number of rotatable bonds is 8. The van der Waals surface area contributed by atoms with Crippen molar-refractivity contribution in [3.8, 4) is 11.8 Å². The summed E-state index contributed by atoms with van der Waals surface area (Å²) in [7, 11) is 0. The van der Waals surface area contributed by atoms with Gasteiger partial charge >= 0.3 is 11.9 Å². The molecule has 11 nitrogen and oxygen atoms in total. The lowest BCUT2D eigenvalue weighted by molar-refractivity contribution is -0.294. The summed E-state index contributed by atoms with van der Waals surface area (Å²) in [6.07, 6.45) is 10.1. The Bertz CT molecular complexity index is 1810. The first kappa shape index (κ1) is 35.6. The van der Waals surface area contributed by atoms with Gasteiger partial charge in [-0.05, 0) is 70.3 Å². The molecule has 9 aliphatic rings. The highest BCUT2D eigenvalue weighted by molar-refractivity contribution is 5.92. The number of nitrogens with one attached hydrogen (secondary N) is 2. The Labute approximate surface area is 317 Å². The van der Waals surface area contributed by atoms with Gasteiger partial charge < -0.3 is 39.1 Å². The number of ketones is 1. The number of ether oxygens (including phenoxy) is 4. The van der Waals surface area contributed by atoms with Crippen LogP contribution in [0.3, 0.4) is 0 Å². The van der Waals surface area contributed by atoms with Gasteiger partial charge in [0.1, 0.15) is 24.1 Å². The smallest absolute Gasteiger partial charge is 0.339 e. The summed E-state index contributed by atoms with van der Waals surface area (Å²) >= 11 is 0. The molecular formula is C43H56N2O9. The molecule has 0 aromatic carbocycles. The Kier molecular flexibility index (Phi) is 8.01. The van der Waals surface area contributed by atoms with Gasteiger partial charge in [0, 0.05) is 53.4 Å². The average molecular weight is 745 g/mol. The highest BCUT2D eigenvalue weighted by Crippen LogP contribution is 2.84. The zero-order valence-corrected chi connectivity index (χ0v) is 32.0. The first-order valence-corrected chi connectivity index (χ1v) is 20.9. The van der Waals surface area contributed by atoms with Crippen molar-refractivity contribution in [2.75, 3.05) is 19.8 Å². The number of esters is 2. The molecule has 13 atom stereocenters. The molecule has 11 heteroatoms. The molecule has 3 saturated carbocycles. The molecule has 0 radical (unpaired) electrons. The molecule has 10 rings (SSSR count). The Morgan fingerprint density at radius 1 is 1.02 bits per heavy atom. The number of aliphatic hydroxyl groups excluding tert-OH is 1. The second-order valence-corrected chi connectivity index (χ2v) is 19.0. The van der Waals surface area contributed by atoms with E-state index < -0.39 is 63.2 Å². The number of epoxide rings is 1. The summed E-state index contributed by atoms with van der Waals surface area (Å²) in [5, 5.41) is 20.0. The lowest BCUT2D eigenvalue weighted by Crippen LogP contribution is -2.81. The highest BCUT2D eigenvalue weighted by Gasteiger charge is 2.95. The zero-order valence-electron chi connectivity index (χ0n) is 32.0. The monoisotopic (exact) mass is 744 g/mol. The van der Waals surface area contributed by atoms with Gasteiger partial charge in [0.25, 0.3) is 0 Å². The third kappa shape index (κ3) is 4.30. The summed E-state index contributed by atoms with van der Waals surface area (Å²) in [5.41, 5.74) is -5.46. The summed E-state index contributed by atoms with van der Waals surface area (Å²) < 4.78 is 32.8. The minimum atomic E-state index is -1.42.